The quantitative estimate of drug-likeness (QED) is 0.602. The summed E-state index contributed by atoms with van der Waals surface area (Å²) in [6, 6.07) is 24.7. The third-order valence-corrected chi connectivity index (χ3v) is 3.90. The number of anilines is 3. The van der Waals surface area contributed by atoms with Crippen molar-refractivity contribution in [2.24, 2.45) is 0 Å². The van der Waals surface area contributed by atoms with E-state index in [2.05, 4.69) is 10.6 Å². The van der Waals surface area contributed by atoms with E-state index in [4.69, 9.17) is 9.47 Å². The average Bonchev–Trinajstić information content (AvgIpc) is 2.71. The predicted octanol–water partition coefficient (Wildman–Crippen LogP) is 4.85. The van der Waals surface area contributed by atoms with Crippen molar-refractivity contribution in [1.29, 1.82) is 0 Å². The molecule has 0 aliphatic heterocycles. The Bertz CT molecular complexity index is 864. The monoisotopic (exact) mass is 362 g/mol. The van der Waals surface area contributed by atoms with Crippen LogP contribution < -0.4 is 20.1 Å². The van der Waals surface area contributed by atoms with Gasteiger partial charge in [0.2, 0.25) is 5.91 Å². The van der Waals surface area contributed by atoms with Crippen LogP contribution in [0.4, 0.5) is 17.1 Å². The van der Waals surface area contributed by atoms with E-state index >= 15 is 0 Å². The Morgan fingerprint density at radius 3 is 2.26 bits per heavy atom. The standard InChI is InChI=1S/C22H22N2O3/c1-26-21-10-6-5-9-20(21)23-17-11-13-18(14-12-17)24-22(25)15-16-27-19-7-3-2-4-8-19/h2-14,23H,15-16H2,1H3,(H,24,25). The molecule has 0 aliphatic rings. The molecule has 0 aliphatic carbocycles. The molecule has 3 rings (SSSR count). The number of benzene rings is 3. The van der Waals surface area contributed by atoms with Gasteiger partial charge in [0, 0.05) is 11.4 Å². The van der Waals surface area contributed by atoms with Crippen molar-refractivity contribution in [3.05, 3.63) is 78.9 Å². The van der Waals surface area contributed by atoms with Crippen molar-refractivity contribution < 1.29 is 14.3 Å². The number of rotatable bonds is 8. The lowest BCUT2D eigenvalue weighted by molar-refractivity contribution is -0.116. The maximum absolute atomic E-state index is 12.0. The fraction of sp³-hybridized carbons (Fsp3) is 0.136. The number of carbonyl (C=O) groups excluding carboxylic acids is 1. The van der Waals surface area contributed by atoms with Crippen molar-refractivity contribution in [3.8, 4) is 11.5 Å². The highest BCUT2D eigenvalue weighted by atomic mass is 16.5. The molecule has 0 unspecified atom stereocenters. The van der Waals surface area contributed by atoms with E-state index in [0.717, 1.165) is 28.6 Å². The van der Waals surface area contributed by atoms with E-state index in [0.29, 0.717) is 6.61 Å². The fourth-order valence-electron chi connectivity index (χ4n) is 2.54. The normalized spacial score (nSPS) is 10.1. The Hall–Kier alpha value is -3.47. The van der Waals surface area contributed by atoms with Gasteiger partial charge >= 0.3 is 0 Å². The molecule has 0 heterocycles. The maximum atomic E-state index is 12.0. The summed E-state index contributed by atoms with van der Waals surface area (Å²) in [5.41, 5.74) is 2.53. The number of methoxy groups -OCH3 is 1. The van der Waals surface area contributed by atoms with Gasteiger partial charge in [-0.05, 0) is 48.5 Å². The van der Waals surface area contributed by atoms with E-state index in [1.54, 1.807) is 7.11 Å². The van der Waals surface area contributed by atoms with Crippen LogP contribution in [0.1, 0.15) is 6.42 Å². The van der Waals surface area contributed by atoms with Crippen molar-refractivity contribution in [3.63, 3.8) is 0 Å². The summed E-state index contributed by atoms with van der Waals surface area (Å²) in [5, 5.41) is 6.17. The lowest BCUT2D eigenvalue weighted by Gasteiger charge is -2.12. The summed E-state index contributed by atoms with van der Waals surface area (Å²) in [6.07, 6.45) is 0.288. The van der Waals surface area contributed by atoms with Gasteiger partial charge in [0.1, 0.15) is 11.5 Å². The SMILES string of the molecule is COc1ccccc1Nc1ccc(NC(=O)CCOc2ccccc2)cc1. The molecule has 0 saturated heterocycles. The molecule has 0 bridgehead atoms. The number of hydrogen-bond acceptors (Lipinski definition) is 4. The van der Waals surface area contributed by atoms with Crippen LogP contribution in [-0.4, -0.2) is 19.6 Å². The second kappa shape index (κ2) is 9.29. The zero-order chi connectivity index (χ0) is 18.9. The van der Waals surface area contributed by atoms with E-state index in [-0.39, 0.29) is 12.3 Å². The first-order valence-corrected chi connectivity index (χ1v) is 8.72. The van der Waals surface area contributed by atoms with Crippen LogP contribution in [-0.2, 0) is 4.79 Å². The first kappa shape index (κ1) is 18.3. The van der Waals surface area contributed by atoms with Crippen LogP contribution >= 0.6 is 0 Å². The lowest BCUT2D eigenvalue weighted by atomic mass is 10.2. The molecule has 1 amide bonds. The summed E-state index contributed by atoms with van der Waals surface area (Å²) >= 11 is 0. The summed E-state index contributed by atoms with van der Waals surface area (Å²) in [6.45, 7) is 0.337. The topological polar surface area (TPSA) is 59.6 Å². The molecular weight excluding hydrogens is 340 g/mol. The molecule has 5 nitrogen and oxygen atoms in total. The van der Waals surface area contributed by atoms with Gasteiger partial charge in [-0.15, -0.1) is 0 Å². The first-order valence-electron chi connectivity index (χ1n) is 8.72. The van der Waals surface area contributed by atoms with E-state index < -0.39 is 0 Å². The molecule has 0 spiro atoms. The Kier molecular flexibility index (Phi) is 6.30. The van der Waals surface area contributed by atoms with Crippen LogP contribution in [0, 0.1) is 0 Å². The van der Waals surface area contributed by atoms with Crippen LogP contribution in [0.3, 0.4) is 0 Å². The smallest absolute Gasteiger partial charge is 0.227 e. The molecule has 27 heavy (non-hydrogen) atoms. The molecule has 0 fully saturated rings. The maximum Gasteiger partial charge on any atom is 0.227 e. The lowest BCUT2D eigenvalue weighted by Crippen LogP contribution is -2.15. The van der Waals surface area contributed by atoms with Gasteiger partial charge in [-0.25, -0.2) is 0 Å². The number of hydrogen-bond donors (Lipinski definition) is 2. The van der Waals surface area contributed by atoms with Gasteiger partial charge in [-0.3, -0.25) is 4.79 Å². The molecule has 0 atom stereocenters. The summed E-state index contributed by atoms with van der Waals surface area (Å²) in [4.78, 5) is 12.0. The van der Waals surface area contributed by atoms with Gasteiger partial charge in [0.25, 0.3) is 0 Å². The van der Waals surface area contributed by atoms with Crippen LogP contribution in [0.5, 0.6) is 11.5 Å². The Morgan fingerprint density at radius 1 is 0.852 bits per heavy atom. The van der Waals surface area contributed by atoms with Gasteiger partial charge in [-0.1, -0.05) is 30.3 Å². The van der Waals surface area contributed by atoms with Crippen LogP contribution in [0.15, 0.2) is 78.9 Å². The minimum Gasteiger partial charge on any atom is -0.495 e. The first-order chi connectivity index (χ1) is 13.2. The third-order valence-electron chi connectivity index (χ3n) is 3.90. The van der Waals surface area contributed by atoms with E-state index in [9.17, 15) is 4.79 Å². The summed E-state index contributed by atoms with van der Waals surface area (Å²) in [7, 11) is 1.64. The van der Waals surface area contributed by atoms with E-state index in [1.165, 1.54) is 0 Å². The highest BCUT2D eigenvalue weighted by molar-refractivity contribution is 5.91. The molecule has 138 valence electrons. The highest BCUT2D eigenvalue weighted by Gasteiger charge is 2.05. The van der Waals surface area contributed by atoms with Crippen molar-refractivity contribution >= 4 is 23.0 Å². The van der Waals surface area contributed by atoms with Gasteiger partial charge in [-0.2, -0.15) is 0 Å². The van der Waals surface area contributed by atoms with Crippen molar-refractivity contribution in [2.45, 2.75) is 6.42 Å². The Morgan fingerprint density at radius 2 is 1.52 bits per heavy atom. The average molecular weight is 362 g/mol. The zero-order valence-corrected chi connectivity index (χ0v) is 15.1. The van der Waals surface area contributed by atoms with Crippen LogP contribution in [0.25, 0.3) is 0 Å². The molecular formula is C22H22N2O3. The molecule has 0 saturated carbocycles. The molecule has 3 aromatic rings. The molecule has 3 aromatic carbocycles. The second-order valence-electron chi connectivity index (χ2n) is 5.86. The minimum absolute atomic E-state index is 0.0867. The zero-order valence-electron chi connectivity index (χ0n) is 15.1. The summed E-state index contributed by atoms with van der Waals surface area (Å²) in [5.74, 6) is 1.45. The number of para-hydroxylation sites is 3. The van der Waals surface area contributed by atoms with Gasteiger partial charge in [0.15, 0.2) is 0 Å². The van der Waals surface area contributed by atoms with Crippen molar-refractivity contribution in [2.75, 3.05) is 24.4 Å². The summed E-state index contributed by atoms with van der Waals surface area (Å²) < 4.78 is 10.9. The molecule has 0 radical (unpaired) electrons. The molecule has 5 heteroatoms. The van der Waals surface area contributed by atoms with E-state index in [1.807, 2.05) is 78.9 Å². The highest BCUT2D eigenvalue weighted by Crippen LogP contribution is 2.27. The molecule has 0 aromatic heterocycles. The molecule has 2 N–H and O–H groups in total. The predicted molar refractivity (Wildman–Crippen MR) is 108 cm³/mol. The number of amides is 1. The van der Waals surface area contributed by atoms with Crippen LogP contribution in [0.2, 0.25) is 0 Å². The Balaban J connectivity index is 1.49. The number of ether oxygens (including phenoxy) is 2. The van der Waals surface area contributed by atoms with Gasteiger partial charge < -0.3 is 20.1 Å². The third kappa shape index (κ3) is 5.51. The largest absolute Gasteiger partial charge is 0.495 e. The number of nitrogens with one attached hydrogen (secondary N) is 2. The van der Waals surface area contributed by atoms with Crippen molar-refractivity contribution in [1.82, 2.24) is 0 Å². The minimum atomic E-state index is -0.0867. The van der Waals surface area contributed by atoms with Gasteiger partial charge in [0.05, 0.1) is 25.8 Å². The fourth-order valence-corrected chi connectivity index (χ4v) is 2.54. The second-order valence-corrected chi connectivity index (χ2v) is 5.86. The Labute approximate surface area is 158 Å². The number of carbonyl (C=O) groups is 1.